The van der Waals surface area contributed by atoms with Gasteiger partial charge in [-0.1, -0.05) is 12.1 Å². The molecule has 0 radical (unpaired) electrons. The van der Waals surface area contributed by atoms with E-state index in [9.17, 15) is 14.0 Å². The van der Waals surface area contributed by atoms with Gasteiger partial charge >= 0.3 is 6.03 Å². The Morgan fingerprint density at radius 3 is 2.80 bits per heavy atom. The number of amides is 3. The Balaban J connectivity index is 1.61. The molecule has 0 unspecified atom stereocenters. The average molecular weight is 411 g/mol. The molecule has 0 fully saturated rings. The molecule has 1 aliphatic rings. The molecule has 154 valence electrons. The molecule has 3 N–H and O–H groups in total. The Bertz CT molecular complexity index is 1130. The Morgan fingerprint density at radius 1 is 1.23 bits per heavy atom. The van der Waals surface area contributed by atoms with Gasteiger partial charge in [0.25, 0.3) is 5.91 Å². The van der Waals surface area contributed by atoms with Gasteiger partial charge in [-0.2, -0.15) is 5.10 Å². The number of fused-ring (bicyclic) bond motifs is 1. The molecule has 3 heterocycles. The fourth-order valence-electron chi connectivity index (χ4n) is 3.30. The molecule has 3 amide bonds. The van der Waals surface area contributed by atoms with E-state index in [1.165, 1.54) is 42.6 Å². The first-order valence-electron chi connectivity index (χ1n) is 9.03. The van der Waals surface area contributed by atoms with Crippen LogP contribution < -0.4 is 15.8 Å². The summed E-state index contributed by atoms with van der Waals surface area (Å²) in [4.78, 5) is 34.3. The van der Waals surface area contributed by atoms with Crippen molar-refractivity contribution in [2.24, 2.45) is 5.73 Å². The number of aromatic nitrogens is 4. The quantitative estimate of drug-likeness (QED) is 0.672. The molecule has 10 nitrogen and oxygen atoms in total. The van der Waals surface area contributed by atoms with Crippen molar-refractivity contribution < 1.29 is 18.7 Å². The minimum Gasteiger partial charge on any atom is -0.481 e. The van der Waals surface area contributed by atoms with Crippen LogP contribution in [0.1, 0.15) is 16.1 Å². The molecule has 0 saturated heterocycles. The number of carbonyl (C=O) groups excluding carboxylic acids is 2. The van der Waals surface area contributed by atoms with Crippen LogP contribution in [-0.2, 0) is 13.1 Å². The molecule has 4 rings (SSSR count). The first-order valence-corrected chi connectivity index (χ1v) is 9.03. The van der Waals surface area contributed by atoms with Crippen molar-refractivity contribution in [3.05, 3.63) is 53.7 Å². The number of hydrogen-bond donors (Lipinski definition) is 2. The summed E-state index contributed by atoms with van der Waals surface area (Å²) in [7, 11) is 1.46. The van der Waals surface area contributed by atoms with Crippen LogP contribution in [0.5, 0.6) is 5.88 Å². The minimum absolute atomic E-state index is 0.106. The smallest absolute Gasteiger partial charge is 0.323 e. The normalized spacial score (nSPS) is 12.9. The number of hydrogen-bond acceptors (Lipinski definition) is 6. The van der Waals surface area contributed by atoms with Crippen molar-refractivity contribution in [2.75, 3.05) is 19.0 Å². The lowest BCUT2D eigenvalue weighted by Crippen LogP contribution is -2.41. The van der Waals surface area contributed by atoms with Crippen LogP contribution in [0.25, 0.3) is 11.3 Å². The third-order valence-electron chi connectivity index (χ3n) is 4.70. The Kier molecular flexibility index (Phi) is 5.00. The van der Waals surface area contributed by atoms with Crippen LogP contribution >= 0.6 is 0 Å². The first kappa shape index (κ1) is 19.3. The number of urea groups is 1. The van der Waals surface area contributed by atoms with Gasteiger partial charge in [0.1, 0.15) is 23.7 Å². The van der Waals surface area contributed by atoms with Crippen molar-refractivity contribution in [3.63, 3.8) is 0 Å². The van der Waals surface area contributed by atoms with E-state index >= 15 is 0 Å². The Labute approximate surface area is 170 Å². The molecule has 0 atom stereocenters. The molecule has 2 aromatic heterocycles. The number of methoxy groups -OCH3 is 1. The van der Waals surface area contributed by atoms with E-state index in [0.717, 1.165) is 0 Å². The average Bonchev–Trinajstić information content (AvgIpc) is 3.13. The molecular formula is C19H18FN7O3. The van der Waals surface area contributed by atoms with E-state index in [1.807, 2.05) is 0 Å². The molecule has 11 heteroatoms. The monoisotopic (exact) mass is 411 g/mol. The highest BCUT2D eigenvalue weighted by Gasteiger charge is 2.29. The lowest BCUT2D eigenvalue weighted by molar-refractivity contribution is 0.0997. The van der Waals surface area contributed by atoms with Gasteiger partial charge in [0, 0.05) is 18.2 Å². The van der Waals surface area contributed by atoms with Crippen LogP contribution in [0.15, 0.2) is 36.7 Å². The fourth-order valence-corrected chi connectivity index (χ4v) is 3.30. The molecular weight excluding hydrogens is 393 g/mol. The van der Waals surface area contributed by atoms with Gasteiger partial charge in [-0.05, 0) is 12.1 Å². The fraction of sp³-hybridized carbons (Fsp3) is 0.211. The number of nitrogens with one attached hydrogen (secondary N) is 1. The molecule has 3 aromatic rings. The largest absolute Gasteiger partial charge is 0.481 e. The summed E-state index contributed by atoms with van der Waals surface area (Å²) in [5, 5.41) is 7.11. The standard InChI is InChI=1S/C19H18FN7O3/c1-30-15-8-14(22-10-23-15)24-19(29)26-5-6-27-13(9-26)16(18(21)28)17(25-27)11-3-2-4-12(20)7-11/h2-4,7-8,10H,5-6,9H2,1H3,(H2,21,28)(H,22,23,24,29). The first-order chi connectivity index (χ1) is 14.5. The number of carbonyl (C=O) groups is 2. The van der Waals surface area contributed by atoms with Crippen molar-refractivity contribution in [1.82, 2.24) is 24.6 Å². The summed E-state index contributed by atoms with van der Waals surface area (Å²) in [5.74, 6) is -0.553. The SMILES string of the molecule is COc1cc(NC(=O)N2CCn3nc(-c4cccc(F)c4)c(C(N)=O)c3C2)ncn1. The summed E-state index contributed by atoms with van der Waals surface area (Å²) in [6.45, 7) is 0.809. The molecule has 0 bridgehead atoms. The highest BCUT2D eigenvalue weighted by Crippen LogP contribution is 2.28. The summed E-state index contributed by atoms with van der Waals surface area (Å²) in [6, 6.07) is 6.85. The van der Waals surface area contributed by atoms with Gasteiger partial charge in [0.15, 0.2) is 0 Å². The highest BCUT2D eigenvalue weighted by molar-refractivity contribution is 6.00. The maximum Gasteiger partial charge on any atom is 0.323 e. The number of nitrogens with two attached hydrogens (primary N) is 1. The second kappa shape index (κ2) is 7.78. The van der Waals surface area contributed by atoms with Gasteiger partial charge in [-0.3, -0.25) is 14.8 Å². The Hall–Kier alpha value is -4.02. The zero-order valence-corrected chi connectivity index (χ0v) is 16.0. The molecule has 1 aromatic carbocycles. The van der Waals surface area contributed by atoms with E-state index in [4.69, 9.17) is 10.5 Å². The molecule has 30 heavy (non-hydrogen) atoms. The number of rotatable bonds is 4. The summed E-state index contributed by atoms with van der Waals surface area (Å²) >= 11 is 0. The molecule has 0 aliphatic carbocycles. The maximum atomic E-state index is 13.7. The third kappa shape index (κ3) is 3.64. The zero-order chi connectivity index (χ0) is 21.3. The third-order valence-corrected chi connectivity index (χ3v) is 4.70. The number of primary amides is 1. The zero-order valence-electron chi connectivity index (χ0n) is 16.0. The number of nitrogens with zero attached hydrogens (tertiary/aromatic N) is 5. The van der Waals surface area contributed by atoms with Gasteiger partial charge in [-0.25, -0.2) is 19.2 Å². The summed E-state index contributed by atoms with van der Waals surface area (Å²) < 4.78 is 20.3. The van der Waals surface area contributed by atoms with Crippen molar-refractivity contribution in [2.45, 2.75) is 13.1 Å². The Morgan fingerprint density at radius 2 is 2.07 bits per heavy atom. The van der Waals surface area contributed by atoms with Crippen LogP contribution in [0.3, 0.4) is 0 Å². The molecule has 1 aliphatic heterocycles. The number of halogens is 1. The van der Waals surface area contributed by atoms with Crippen molar-refractivity contribution in [1.29, 1.82) is 0 Å². The van der Waals surface area contributed by atoms with E-state index in [2.05, 4.69) is 20.4 Å². The van der Waals surface area contributed by atoms with Crippen LogP contribution in [0.2, 0.25) is 0 Å². The minimum atomic E-state index is -0.696. The van der Waals surface area contributed by atoms with E-state index in [-0.39, 0.29) is 17.9 Å². The van der Waals surface area contributed by atoms with Gasteiger partial charge in [0.05, 0.1) is 31.5 Å². The number of ether oxygens (including phenoxy) is 1. The predicted molar refractivity (Wildman–Crippen MR) is 104 cm³/mol. The van der Waals surface area contributed by atoms with Crippen molar-refractivity contribution in [3.8, 4) is 17.1 Å². The van der Waals surface area contributed by atoms with E-state index in [0.29, 0.717) is 35.9 Å². The van der Waals surface area contributed by atoms with Crippen LogP contribution in [-0.4, -0.2) is 50.2 Å². The van der Waals surface area contributed by atoms with E-state index in [1.54, 1.807) is 10.7 Å². The van der Waals surface area contributed by atoms with Crippen LogP contribution in [0.4, 0.5) is 15.0 Å². The van der Waals surface area contributed by atoms with Crippen molar-refractivity contribution >= 4 is 17.8 Å². The number of benzene rings is 1. The lowest BCUT2D eigenvalue weighted by Gasteiger charge is -2.28. The second-order valence-corrected chi connectivity index (χ2v) is 6.57. The second-order valence-electron chi connectivity index (χ2n) is 6.57. The summed E-state index contributed by atoms with van der Waals surface area (Å²) in [5.41, 5.74) is 6.99. The summed E-state index contributed by atoms with van der Waals surface area (Å²) in [6.07, 6.45) is 1.27. The maximum absolute atomic E-state index is 13.7. The highest BCUT2D eigenvalue weighted by atomic mass is 19.1. The van der Waals surface area contributed by atoms with Gasteiger partial charge in [0.2, 0.25) is 5.88 Å². The lowest BCUT2D eigenvalue weighted by atomic mass is 10.0. The van der Waals surface area contributed by atoms with Crippen LogP contribution in [0, 0.1) is 5.82 Å². The molecule has 0 spiro atoms. The van der Waals surface area contributed by atoms with Gasteiger partial charge < -0.3 is 15.4 Å². The number of anilines is 1. The van der Waals surface area contributed by atoms with Gasteiger partial charge in [-0.15, -0.1) is 0 Å². The van der Waals surface area contributed by atoms with E-state index < -0.39 is 17.8 Å². The predicted octanol–water partition coefficient (Wildman–Crippen LogP) is 1.63. The molecule has 0 saturated carbocycles. The topological polar surface area (TPSA) is 128 Å².